The van der Waals surface area contributed by atoms with Gasteiger partial charge in [-0.05, 0) is 32.6 Å². The average molecular weight is 287 g/mol. The van der Waals surface area contributed by atoms with E-state index in [9.17, 15) is 5.11 Å². The number of hydrogen-bond donors (Lipinski definition) is 1. The first-order valence-electron chi connectivity index (χ1n) is 7.55. The number of pyridine rings is 1. The molecule has 114 valence electrons. The van der Waals surface area contributed by atoms with Gasteiger partial charge in [0.25, 0.3) is 0 Å². The van der Waals surface area contributed by atoms with E-state index in [-0.39, 0.29) is 6.61 Å². The number of nitrogens with zero attached hydrogens (tertiary/aromatic N) is 3. The summed E-state index contributed by atoms with van der Waals surface area (Å²) in [6.07, 6.45) is 1.06. The van der Waals surface area contributed by atoms with Gasteiger partial charge >= 0.3 is 0 Å². The van der Waals surface area contributed by atoms with Crippen molar-refractivity contribution in [1.29, 1.82) is 0 Å². The maximum absolute atomic E-state index is 9.70. The fourth-order valence-electron chi connectivity index (χ4n) is 2.45. The number of aliphatic hydroxyl groups is 1. The Labute approximate surface area is 127 Å². The Morgan fingerprint density at radius 3 is 2.52 bits per heavy atom. The number of rotatable bonds is 7. The first-order valence-corrected chi connectivity index (χ1v) is 7.55. The lowest BCUT2D eigenvalue weighted by atomic mass is 10.1. The number of fused-ring (bicyclic) bond motifs is 1. The van der Waals surface area contributed by atoms with E-state index in [1.54, 1.807) is 0 Å². The predicted molar refractivity (Wildman–Crippen MR) is 88.7 cm³/mol. The van der Waals surface area contributed by atoms with Crippen LogP contribution in [0.15, 0.2) is 30.3 Å². The zero-order chi connectivity index (χ0) is 15.2. The zero-order valence-electron chi connectivity index (χ0n) is 13.2. The quantitative estimate of drug-likeness (QED) is 0.849. The van der Waals surface area contributed by atoms with Crippen LogP contribution in [0.1, 0.15) is 18.9 Å². The Bertz CT molecular complexity index is 583. The molecule has 0 radical (unpaired) electrons. The van der Waals surface area contributed by atoms with Crippen LogP contribution in [0.4, 0.5) is 5.82 Å². The van der Waals surface area contributed by atoms with Gasteiger partial charge in [-0.3, -0.25) is 0 Å². The number of likely N-dealkylation sites (N-methyl/N-ethyl adjacent to an activating group) is 1. The fraction of sp³-hybridized carbons (Fsp3) is 0.471. The maximum Gasteiger partial charge on any atom is 0.134 e. The van der Waals surface area contributed by atoms with Crippen LogP contribution in [-0.2, 0) is 6.61 Å². The summed E-state index contributed by atoms with van der Waals surface area (Å²) in [5.74, 6) is 0.917. The topological polar surface area (TPSA) is 39.6 Å². The lowest BCUT2D eigenvalue weighted by molar-refractivity contribution is 0.281. The van der Waals surface area contributed by atoms with Gasteiger partial charge in [-0.1, -0.05) is 25.1 Å². The van der Waals surface area contributed by atoms with Gasteiger partial charge in [0, 0.05) is 30.6 Å². The van der Waals surface area contributed by atoms with Crippen LogP contribution >= 0.6 is 0 Å². The molecule has 4 nitrogen and oxygen atoms in total. The second-order valence-electron chi connectivity index (χ2n) is 5.61. The Hall–Kier alpha value is -1.65. The Morgan fingerprint density at radius 1 is 1.10 bits per heavy atom. The van der Waals surface area contributed by atoms with Crippen molar-refractivity contribution in [2.45, 2.75) is 20.0 Å². The third kappa shape index (κ3) is 3.93. The molecule has 1 heterocycles. The summed E-state index contributed by atoms with van der Waals surface area (Å²) in [5, 5.41) is 10.8. The van der Waals surface area contributed by atoms with Gasteiger partial charge in [-0.25, -0.2) is 4.98 Å². The van der Waals surface area contributed by atoms with Crippen LogP contribution in [0.3, 0.4) is 0 Å². The standard InChI is InChI=1S/C17H25N3O/c1-4-9-20(11-10-19(2)3)17-15(13-21)12-14-7-5-6-8-16(14)18-17/h5-8,12,21H,4,9-11,13H2,1-3H3. The van der Waals surface area contributed by atoms with E-state index >= 15 is 0 Å². The van der Waals surface area contributed by atoms with Gasteiger partial charge in [0.2, 0.25) is 0 Å². The first kappa shape index (κ1) is 15.7. The highest BCUT2D eigenvalue weighted by Gasteiger charge is 2.13. The van der Waals surface area contributed by atoms with E-state index in [1.165, 1.54) is 0 Å². The number of benzene rings is 1. The summed E-state index contributed by atoms with van der Waals surface area (Å²) >= 11 is 0. The van der Waals surface area contributed by atoms with Gasteiger partial charge in [-0.15, -0.1) is 0 Å². The average Bonchev–Trinajstić information content (AvgIpc) is 2.50. The largest absolute Gasteiger partial charge is 0.392 e. The molecule has 1 N–H and O–H groups in total. The number of hydrogen-bond acceptors (Lipinski definition) is 4. The van der Waals surface area contributed by atoms with E-state index in [1.807, 2.05) is 24.3 Å². The van der Waals surface area contributed by atoms with Crippen molar-refractivity contribution < 1.29 is 5.11 Å². The lowest BCUT2D eigenvalue weighted by Crippen LogP contribution is -2.33. The highest BCUT2D eigenvalue weighted by molar-refractivity contribution is 5.81. The minimum Gasteiger partial charge on any atom is -0.392 e. The Kier molecular flexibility index (Phi) is 5.53. The molecule has 1 aromatic carbocycles. The van der Waals surface area contributed by atoms with Crippen LogP contribution in [0.5, 0.6) is 0 Å². The normalized spacial score (nSPS) is 11.3. The SMILES string of the molecule is CCCN(CCN(C)C)c1nc2ccccc2cc1CO. The molecule has 0 atom stereocenters. The Balaban J connectivity index is 2.39. The molecular weight excluding hydrogens is 262 g/mol. The molecule has 0 aliphatic rings. The van der Waals surface area contributed by atoms with Crippen molar-refractivity contribution in [3.8, 4) is 0 Å². The minimum absolute atomic E-state index is 0.0232. The van der Waals surface area contributed by atoms with E-state index in [0.29, 0.717) is 0 Å². The second kappa shape index (κ2) is 7.38. The molecule has 0 amide bonds. The molecule has 0 bridgehead atoms. The van der Waals surface area contributed by atoms with Gasteiger partial charge < -0.3 is 14.9 Å². The summed E-state index contributed by atoms with van der Waals surface area (Å²) in [4.78, 5) is 9.24. The highest BCUT2D eigenvalue weighted by atomic mass is 16.3. The molecule has 0 aliphatic carbocycles. The van der Waals surface area contributed by atoms with E-state index in [0.717, 1.165) is 48.3 Å². The molecular formula is C17H25N3O. The van der Waals surface area contributed by atoms with Gasteiger partial charge in [0.15, 0.2) is 0 Å². The molecule has 0 saturated carbocycles. The van der Waals surface area contributed by atoms with Crippen LogP contribution < -0.4 is 4.90 Å². The molecule has 0 unspecified atom stereocenters. The smallest absolute Gasteiger partial charge is 0.134 e. The predicted octanol–water partition coefficient (Wildman–Crippen LogP) is 2.51. The summed E-state index contributed by atoms with van der Waals surface area (Å²) in [7, 11) is 4.15. The molecule has 2 rings (SSSR count). The molecule has 0 aliphatic heterocycles. The highest BCUT2D eigenvalue weighted by Crippen LogP contribution is 2.24. The molecule has 1 aromatic heterocycles. The number of anilines is 1. The molecule has 0 fully saturated rings. The van der Waals surface area contributed by atoms with E-state index in [2.05, 4.69) is 36.9 Å². The van der Waals surface area contributed by atoms with E-state index in [4.69, 9.17) is 4.98 Å². The Morgan fingerprint density at radius 2 is 1.86 bits per heavy atom. The van der Waals surface area contributed by atoms with Gasteiger partial charge in [0.1, 0.15) is 5.82 Å². The fourth-order valence-corrected chi connectivity index (χ4v) is 2.45. The van der Waals surface area contributed by atoms with Gasteiger partial charge in [0.05, 0.1) is 12.1 Å². The third-order valence-electron chi connectivity index (χ3n) is 3.56. The summed E-state index contributed by atoms with van der Waals surface area (Å²) in [6.45, 7) is 5.03. The summed E-state index contributed by atoms with van der Waals surface area (Å²) in [6, 6.07) is 10.1. The van der Waals surface area contributed by atoms with Crippen molar-refractivity contribution in [2.75, 3.05) is 38.6 Å². The van der Waals surface area contributed by atoms with Crippen molar-refractivity contribution in [3.05, 3.63) is 35.9 Å². The maximum atomic E-state index is 9.70. The molecule has 0 spiro atoms. The lowest BCUT2D eigenvalue weighted by Gasteiger charge is -2.27. The van der Waals surface area contributed by atoms with Crippen LogP contribution in [0.25, 0.3) is 10.9 Å². The molecule has 2 aromatic rings. The monoisotopic (exact) mass is 287 g/mol. The second-order valence-corrected chi connectivity index (χ2v) is 5.61. The van der Waals surface area contributed by atoms with Crippen LogP contribution in [0, 0.1) is 0 Å². The van der Waals surface area contributed by atoms with Crippen molar-refractivity contribution in [1.82, 2.24) is 9.88 Å². The van der Waals surface area contributed by atoms with Crippen molar-refractivity contribution in [3.63, 3.8) is 0 Å². The van der Waals surface area contributed by atoms with E-state index < -0.39 is 0 Å². The number of aliphatic hydroxyl groups excluding tert-OH is 1. The van der Waals surface area contributed by atoms with Crippen molar-refractivity contribution in [2.24, 2.45) is 0 Å². The first-order chi connectivity index (χ1) is 10.2. The molecule has 0 saturated heterocycles. The summed E-state index contributed by atoms with van der Waals surface area (Å²) in [5.41, 5.74) is 1.89. The molecule has 4 heteroatoms. The number of aromatic nitrogens is 1. The van der Waals surface area contributed by atoms with Crippen molar-refractivity contribution >= 4 is 16.7 Å². The third-order valence-corrected chi connectivity index (χ3v) is 3.56. The van der Waals surface area contributed by atoms with Gasteiger partial charge in [-0.2, -0.15) is 0 Å². The van der Waals surface area contributed by atoms with Crippen LogP contribution in [0.2, 0.25) is 0 Å². The van der Waals surface area contributed by atoms with Crippen LogP contribution in [-0.4, -0.2) is 48.7 Å². The summed E-state index contributed by atoms with van der Waals surface area (Å²) < 4.78 is 0. The minimum atomic E-state index is 0.0232. The molecule has 21 heavy (non-hydrogen) atoms. The number of para-hydroxylation sites is 1. The zero-order valence-corrected chi connectivity index (χ0v) is 13.2.